The molecule has 0 aliphatic carbocycles. The molecule has 4 nitrogen and oxygen atoms in total. The van der Waals surface area contributed by atoms with Crippen LogP contribution < -0.4 is 10.0 Å². The van der Waals surface area contributed by atoms with Crippen LogP contribution in [0.15, 0.2) is 23.1 Å². The number of hydrogen-bond donors (Lipinski definition) is 1. The molecule has 0 amide bonds. The standard InChI is InChI=1S/C11H15F3N2O2S/c1-3-6-16(2)8-4-5-10(19(15,17)18)9(7-8)11(12,13)14/h4-5,7H,3,6H2,1-2H3,(H2,15,17,18). The van der Waals surface area contributed by atoms with E-state index in [-0.39, 0.29) is 0 Å². The van der Waals surface area contributed by atoms with Crippen molar-refractivity contribution in [3.05, 3.63) is 23.8 Å². The van der Waals surface area contributed by atoms with Gasteiger partial charge >= 0.3 is 6.18 Å². The molecule has 0 saturated heterocycles. The average Bonchev–Trinajstić information content (AvgIpc) is 2.26. The first-order valence-electron chi connectivity index (χ1n) is 5.52. The first-order chi connectivity index (χ1) is 8.57. The van der Waals surface area contributed by atoms with Crippen molar-refractivity contribution in [2.45, 2.75) is 24.4 Å². The summed E-state index contributed by atoms with van der Waals surface area (Å²) in [5.74, 6) is 0. The van der Waals surface area contributed by atoms with E-state index < -0.39 is 26.7 Å². The van der Waals surface area contributed by atoms with E-state index >= 15 is 0 Å². The number of nitrogens with two attached hydrogens (primary N) is 1. The molecule has 2 N–H and O–H groups in total. The van der Waals surface area contributed by atoms with Gasteiger partial charge < -0.3 is 4.90 Å². The molecule has 1 rings (SSSR count). The van der Waals surface area contributed by atoms with Crippen molar-refractivity contribution in [2.75, 3.05) is 18.5 Å². The van der Waals surface area contributed by atoms with E-state index in [1.54, 1.807) is 11.9 Å². The van der Waals surface area contributed by atoms with Gasteiger partial charge in [0.05, 0.1) is 10.5 Å². The van der Waals surface area contributed by atoms with Gasteiger partial charge in [-0.25, -0.2) is 13.6 Å². The predicted octanol–water partition coefficient (Wildman–Crippen LogP) is 2.20. The number of sulfonamides is 1. The molecule has 0 heterocycles. The first-order valence-corrected chi connectivity index (χ1v) is 7.07. The highest BCUT2D eigenvalue weighted by Crippen LogP contribution is 2.36. The minimum atomic E-state index is -4.77. The SMILES string of the molecule is CCCN(C)c1ccc(S(N)(=O)=O)c(C(F)(F)F)c1. The molecule has 0 saturated carbocycles. The Morgan fingerprint density at radius 2 is 1.89 bits per heavy atom. The number of alkyl halides is 3. The molecule has 0 bridgehead atoms. The second-order valence-electron chi connectivity index (χ2n) is 4.14. The Balaban J connectivity index is 3.40. The van der Waals surface area contributed by atoms with Crippen LogP contribution >= 0.6 is 0 Å². The van der Waals surface area contributed by atoms with Gasteiger partial charge in [0.25, 0.3) is 0 Å². The quantitative estimate of drug-likeness (QED) is 0.926. The maximum atomic E-state index is 12.9. The monoisotopic (exact) mass is 296 g/mol. The second-order valence-corrected chi connectivity index (χ2v) is 5.67. The lowest BCUT2D eigenvalue weighted by Crippen LogP contribution is -2.22. The van der Waals surface area contributed by atoms with Crippen molar-refractivity contribution in [1.82, 2.24) is 0 Å². The highest BCUT2D eigenvalue weighted by atomic mass is 32.2. The second kappa shape index (κ2) is 5.38. The Hall–Kier alpha value is -1.28. The summed E-state index contributed by atoms with van der Waals surface area (Å²) in [6.45, 7) is 2.45. The van der Waals surface area contributed by atoms with Gasteiger partial charge in [-0.3, -0.25) is 0 Å². The number of nitrogens with zero attached hydrogens (tertiary/aromatic N) is 1. The fraction of sp³-hybridized carbons (Fsp3) is 0.455. The molecule has 1 aromatic rings. The first kappa shape index (κ1) is 15.8. The smallest absolute Gasteiger partial charge is 0.375 e. The van der Waals surface area contributed by atoms with Crippen molar-refractivity contribution >= 4 is 15.7 Å². The lowest BCUT2D eigenvalue weighted by atomic mass is 10.2. The molecule has 19 heavy (non-hydrogen) atoms. The zero-order valence-electron chi connectivity index (χ0n) is 10.5. The summed E-state index contributed by atoms with van der Waals surface area (Å²) >= 11 is 0. The Labute approximate surface area is 110 Å². The minimum absolute atomic E-state index is 0.293. The topological polar surface area (TPSA) is 63.4 Å². The Kier molecular flexibility index (Phi) is 4.46. The third kappa shape index (κ3) is 3.84. The molecule has 0 aliphatic heterocycles. The molecule has 108 valence electrons. The van der Waals surface area contributed by atoms with Gasteiger partial charge in [0.15, 0.2) is 0 Å². The van der Waals surface area contributed by atoms with E-state index in [2.05, 4.69) is 0 Å². The summed E-state index contributed by atoms with van der Waals surface area (Å²) in [7, 11) is -2.78. The molecule has 0 aromatic heterocycles. The van der Waals surface area contributed by atoms with E-state index in [0.717, 1.165) is 18.6 Å². The van der Waals surface area contributed by atoms with Crippen molar-refractivity contribution in [2.24, 2.45) is 5.14 Å². The van der Waals surface area contributed by atoms with Gasteiger partial charge in [-0.1, -0.05) is 6.92 Å². The zero-order chi connectivity index (χ0) is 14.8. The van der Waals surface area contributed by atoms with Crippen LogP contribution in [-0.4, -0.2) is 22.0 Å². The highest BCUT2D eigenvalue weighted by Gasteiger charge is 2.36. The number of benzene rings is 1. The van der Waals surface area contributed by atoms with Gasteiger partial charge in [0.1, 0.15) is 0 Å². The van der Waals surface area contributed by atoms with Crippen molar-refractivity contribution in [3.63, 3.8) is 0 Å². The van der Waals surface area contributed by atoms with Crippen molar-refractivity contribution in [3.8, 4) is 0 Å². The van der Waals surface area contributed by atoms with Gasteiger partial charge in [0.2, 0.25) is 10.0 Å². The summed E-state index contributed by atoms with van der Waals surface area (Å²) in [6.07, 6.45) is -4.01. The molecule has 8 heteroatoms. The normalized spacial score (nSPS) is 12.5. The fourth-order valence-corrected chi connectivity index (χ4v) is 2.43. The summed E-state index contributed by atoms with van der Waals surface area (Å²) in [4.78, 5) is 0.705. The maximum Gasteiger partial charge on any atom is 0.417 e. The van der Waals surface area contributed by atoms with Crippen molar-refractivity contribution < 1.29 is 21.6 Å². The predicted molar refractivity (Wildman–Crippen MR) is 66.4 cm³/mol. The van der Waals surface area contributed by atoms with Gasteiger partial charge in [-0.15, -0.1) is 0 Å². The summed E-state index contributed by atoms with van der Waals surface area (Å²) in [5, 5.41) is 4.80. The number of halogens is 3. The molecular formula is C11H15F3N2O2S. The van der Waals surface area contributed by atoms with E-state index in [4.69, 9.17) is 5.14 Å². The summed E-state index contributed by atoms with van der Waals surface area (Å²) < 4.78 is 61.0. The van der Waals surface area contributed by atoms with Crippen LogP contribution in [0, 0.1) is 0 Å². The fourth-order valence-electron chi connectivity index (χ4n) is 1.69. The third-order valence-corrected chi connectivity index (χ3v) is 3.54. The molecule has 0 spiro atoms. The van der Waals surface area contributed by atoms with E-state index in [1.807, 2.05) is 6.92 Å². The minimum Gasteiger partial charge on any atom is -0.375 e. The Bertz CT molecular complexity index is 556. The van der Waals surface area contributed by atoms with E-state index in [9.17, 15) is 21.6 Å². The van der Waals surface area contributed by atoms with Crippen LogP contribution in [-0.2, 0) is 16.2 Å². The molecule has 0 unspecified atom stereocenters. The third-order valence-electron chi connectivity index (χ3n) is 2.57. The van der Waals surface area contributed by atoms with Crippen molar-refractivity contribution in [1.29, 1.82) is 0 Å². The average molecular weight is 296 g/mol. The number of hydrogen-bond acceptors (Lipinski definition) is 3. The van der Waals surface area contributed by atoms with Crippen LogP contribution in [0.1, 0.15) is 18.9 Å². The van der Waals surface area contributed by atoms with Crippen LogP contribution in [0.5, 0.6) is 0 Å². The number of rotatable bonds is 4. The van der Waals surface area contributed by atoms with Gasteiger partial charge in [0, 0.05) is 19.3 Å². The maximum absolute atomic E-state index is 12.9. The van der Waals surface area contributed by atoms with Gasteiger partial charge in [-0.2, -0.15) is 13.2 Å². The summed E-state index contributed by atoms with van der Waals surface area (Å²) in [5.41, 5.74) is -0.947. The molecular weight excluding hydrogens is 281 g/mol. The molecule has 0 fully saturated rings. The molecule has 1 aromatic carbocycles. The van der Waals surface area contributed by atoms with E-state index in [0.29, 0.717) is 12.2 Å². The zero-order valence-corrected chi connectivity index (χ0v) is 11.3. The van der Waals surface area contributed by atoms with Crippen LogP contribution in [0.25, 0.3) is 0 Å². The molecule has 0 aliphatic rings. The summed E-state index contributed by atoms with van der Waals surface area (Å²) in [6, 6.07) is 3.00. The lowest BCUT2D eigenvalue weighted by molar-refractivity contribution is -0.139. The number of primary sulfonamides is 1. The Morgan fingerprint density at radius 1 is 1.32 bits per heavy atom. The molecule has 0 radical (unpaired) electrons. The Morgan fingerprint density at radius 3 is 2.32 bits per heavy atom. The highest BCUT2D eigenvalue weighted by molar-refractivity contribution is 7.89. The number of anilines is 1. The van der Waals surface area contributed by atoms with E-state index in [1.165, 1.54) is 6.07 Å². The van der Waals surface area contributed by atoms with Crippen LogP contribution in [0.2, 0.25) is 0 Å². The van der Waals surface area contributed by atoms with Crippen LogP contribution in [0.3, 0.4) is 0 Å². The molecule has 0 atom stereocenters. The lowest BCUT2D eigenvalue weighted by Gasteiger charge is -2.21. The van der Waals surface area contributed by atoms with Gasteiger partial charge in [-0.05, 0) is 24.6 Å². The van der Waals surface area contributed by atoms with Crippen LogP contribution in [0.4, 0.5) is 18.9 Å². The largest absolute Gasteiger partial charge is 0.417 e.